The summed E-state index contributed by atoms with van der Waals surface area (Å²) in [6.07, 6.45) is 0. The van der Waals surface area contributed by atoms with Gasteiger partial charge >= 0.3 is 11.0 Å². The minimum atomic E-state index is -1.12. The number of nitrogens with zero attached hydrogens (tertiary/aromatic N) is 2. The SMILES string of the molecule is CC(C)N(CC(=O)O)C(=O)c1ccc([N+](=O)[O-])s1. The number of carboxylic acids is 1. The van der Waals surface area contributed by atoms with Crippen molar-refractivity contribution in [2.45, 2.75) is 19.9 Å². The van der Waals surface area contributed by atoms with Gasteiger partial charge in [-0.15, -0.1) is 0 Å². The fourth-order valence-corrected chi connectivity index (χ4v) is 2.09. The highest BCUT2D eigenvalue weighted by atomic mass is 32.1. The number of hydrogen-bond donors (Lipinski definition) is 1. The molecule has 1 aromatic rings. The largest absolute Gasteiger partial charge is 0.480 e. The van der Waals surface area contributed by atoms with Gasteiger partial charge in [-0.3, -0.25) is 19.7 Å². The first-order valence-corrected chi connectivity index (χ1v) is 5.91. The number of amides is 1. The lowest BCUT2D eigenvalue weighted by Gasteiger charge is -2.23. The minimum absolute atomic E-state index is 0.141. The van der Waals surface area contributed by atoms with Crippen molar-refractivity contribution in [3.63, 3.8) is 0 Å². The van der Waals surface area contributed by atoms with Gasteiger partial charge < -0.3 is 10.0 Å². The third-order valence-electron chi connectivity index (χ3n) is 2.17. The average molecular weight is 272 g/mol. The normalized spacial score (nSPS) is 10.4. The molecule has 0 aliphatic carbocycles. The molecule has 0 unspecified atom stereocenters. The van der Waals surface area contributed by atoms with Crippen molar-refractivity contribution in [3.05, 3.63) is 27.1 Å². The van der Waals surface area contributed by atoms with Crippen molar-refractivity contribution in [2.75, 3.05) is 6.54 Å². The molecule has 98 valence electrons. The Bertz CT molecular complexity index is 482. The highest BCUT2D eigenvalue weighted by Gasteiger charge is 2.24. The Balaban J connectivity index is 2.94. The fourth-order valence-electron chi connectivity index (χ4n) is 1.32. The average Bonchev–Trinajstić information content (AvgIpc) is 2.73. The van der Waals surface area contributed by atoms with Crippen LogP contribution in [-0.2, 0) is 4.79 Å². The summed E-state index contributed by atoms with van der Waals surface area (Å²) in [5.74, 6) is -1.63. The molecular weight excluding hydrogens is 260 g/mol. The molecule has 0 radical (unpaired) electrons. The second kappa shape index (κ2) is 5.58. The maximum absolute atomic E-state index is 12.0. The summed E-state index contributed by atoms with van der Waals surface area (Å²) in [5, 5.41) is 19.1. The summed E-state index contributed by atoms with van der Waals surface area (Å²) >= 11 is 0.739. The number of carbonyl (C=O) groups is 2. The van der Waals surface area contributed by atoms with E-state index >= 15 is 0 Å². The van der Waals surface area contributed by atoms with Gasteiger partial charge in [0.25, 0.3) is 5.91 Å². The first-order chi connectivity index (χ1) is 8.32. The predicted molar refractivity (Wildman–Crippen MR) is 64.8 cm³/mol. The van der Waals surface area contributed by atoms with E-state index in [0.717, 1.165) is 16.2 Å². The van der Waals surface area contributed by atoms with Crippen LogP contribution in [0.5, 0.6) is 0 Å². The van der Waals surface area contributed by atoms with Crippen molar-refractivity contribution in [1.29, 1.82) is 0 Å². The van der Waals surface area contributed by atoms with E-state index in [0.29, 0.717) is 0 Å². The molecule has 0 aliphatic heterocycles. The van der Waals surface area contributed by atoms with Crippen LogP contribution < -0.4 is 0 Å². The third kappa shape index (κ3) is 3.27. The van der Waals surface area contributed by atoms with E-state index in [1.165, 1.54) is 12.1 Å². The van der Waals surface area contributed by atoms with E-state index in [1.54, 1.807) is 13.8 Å². The van der Waals surface area contributed by atoms with E-state index < -0.39 is 23.3 Å². The van der Waals surface area contributed by atoms with Gasteiger partial charge in [0.1, 0.15) is 6.54 Å². The van der Waals surface area contributed by atoms with Gasteiger partial charge in [0.2, 0.25) is 0 Å². The first kappa shape index (κ1) is 14.1. The van der Waals surface area contributed by atoms with Gasteiger partial charge in [-0.1, -0.05) is 11.3 Å². The topological polar surface area (TPSA) is 101 Å². The van der Waals surface area contributed by atoms with Crippen LogP contribution in [0, 0.1) is 10.1 Å². The minimum Gasteiger partial charge on any atom is -0.480 e. The number of carbonyl (C=O) groups excluding carboxylic acids is 1. The molecule has 1 rings (SSSR count). The quantitative estimate of drug-likeness (QED) is 0.648. The number of rotatable bonds is 5. The van der Waals surface area contributed by atoms with Crippen molar-refractivity contribution in [1.82, 2.24) is 4.90 Å². The number of nitro groups is 1. The van der Waals surface area contributed by atoms with E-state index in [9.17, 15) is 19.7 Å². The highest BCUT2D eigenvalue weighted by molar-refractivity contribution is 7.17. The van der Waals surface area contributed by atoms with E-state index in [1.807, 2.05) is 0 Å². The zero-order chi connectivity index (χ0) is 13.9. The van der Waals surface area contributed by atoms with Crippen LogP contribution >= 0.6 is 11.3 Å². The highest BCUT2D eigenvalue weighted by Crippen LogP contribution is 2.25. The molecule has 0 bridgehead atoms. The third-order valence-corrected chi connectivity index (χ3v) is 3.20. The number of carboxylic acid groups (broad SMARTS) is 1. The number of hydrogen-bond acceptors (Lipinski definition) is 5. The summed E-state index contributed by atoms with van der Waals surface area (Å²) in [4.78, 5) is 33.9. The Labute approximate surface area is 107 Å². The van der Waals surface area contributed by atoms with Crippen LogP contribution in [0.15, 0.2) is 12.1 Å². The first-order valence-electron chi connectivity index (χ1n) is 5.10. The van der Waals surface area contributed by atoms with Crippen LogP contribution in [0.25, 0.3) is 0 Å². The molecule has 1 amide bonds. The van der Waals surface area contributed by atoms with Crippen LogP contribution in [0.4, 0.5) is 5.00 Å². The summed E-state index contributed by atoms with van der Waals surface area (Å²) in [6, 6.07) is 2.27. The zero-order valence-corrected chi connectivity index (χ0v) is 10.6. The maximum atomic E-state index is 12.0. The molecule has 1 heterocycles. The Morgan fingerprint density at radius 3 is 2.50 bits per heavy atom. The standard InChI is InChI=1S/C10H12N2O5S/c1-6(2)11(5-9(13)14)10(15)7-3-4-8(18-7)12(16)17/h3-4,6H,5H2,1-2H3,(H,13,14). The Hall–Kier alpha value is -1.96. The van der Waals surface area contributed by atoms with Gasteiger partial charge in [0.05, 0.1) is 9.80 Å². The van der Waals surface area contributed by atoms with E-state index in [4.69, 9.17) is 5.11 Å². The monoisotopic (exact) mass is 272 g/mol. The molecule has 0 saturated carbocycles. The maximum Gasteiger partial charge on any atom is 0.324 e. The molecule has 0 saturated heterocycles. The molecule has 0 atom stereocenters. The molecule has 8 heteroatoms. The van der Waals surface area contributed by atoms with Crippen LogP contribution in [0.3, 0.4) is 0 Å². The Kier molecular flexibility index (Phi) is 4.38. The second-order valence-electron chi connectivity index (χ2n) is 3.82. The number of aliphatic carboxylic acids is 1. The second-order valence-corrected chi connectivity index (χ2v) is 4.88. The van der Waals surface area contributed by atoms with Gasteiger partial charge in [0, 0.05) is 12.1 Å². The van der Waals surface area contributed by atoms with Gasteiger partial charge in [-0.05, 0) is 19.9 Å². The molecule has 1 aromatic heterocycles. The molecule has 0 spiro atoms. The molecule has 0 aromatic carbocycles. The zero-order valence-electron chi connectivity index (χ0n) is 9.82. The molecule has 18 heavy (non-hydrogen) atoms. The predicted octanol–water partition coefficient (Wildman–Crippen LogP) is 1.59. The van der Waals surface area contributed by atoms with Crippen LogP contribution in [0.2, 0.25) is 0 Å². The van der Waals surface area contributed by atoms with Crippen LogP contribution in [0.1, 0.15) is 23.5 Å². The van der Waals surface area contributed by atoms with Crippen molar-refractivity contribution < 1.29 is 19.6 Å². The molecule has 7 nitrogen and oxygen atoms in total. The Morgan fingerprint density at radius 2 is 2.11 bits per heavy atom. The molecular formula is C10H12N2O5S. The summed E-state index contributed by atoms with van der Waals surface area (Å²) in [6.45, 7) is 2.94. The van der Waals surface area contributed by atoms with Crippen molar-refractivity contribution in [3.8, 4) is 0 Å². The van der Waals surface area contributed by atoms with Gasteiger partial charge in [-0.2, -0.15) is 0 Å². The Morgan fingerprint density at radius 1 is 1.50 bits per heavy atom. The van der Waals surface area contributed by atoms with Gasteiger partial charge in [0.15, 0.2) is 0 Å². The summed E-state index contributed by atoms with van der Waals surface area (Å²) < 4.78 is 0. The summed E-state index contributed by atoms with van der Waals surface area (Å²) in [7, 11) is 0. The fraction of sp³-hybridized carbons (Fsp3) is 0.400. The lowest BCUT2D eigenvalue weighted by molar-refractivity contribution is -0.380. The van der Waals surface area contributed by atoms with E-state index in [-0.39, 0.29) is 15.9 Å². The van der Waals surface area contributed by atoms with Crippen LogP contribution in [-0.4, -0.2) is 39.4 Å². The lowest BCUT2D eigenvalue weighted by atomic mass is 10.3. The molecule has 0 aliphatic rings. The summed E-state index contributed by atoms with van der Waals surface area (Å²) in [5.41, 5.74) is 0. The lowest BCUT2D eigenvalue weighted by Crippen LogP contribution is -2.40. The number of thiophene rings is 1. The van der Waals surface area contributed by atoms with Gasteiger partial charge in [-0.25, -0.2) is 0 Å². The molecule has 0 fully saturated rings. The molecule has 1 N–H and O–H groups in total. The smallest absolute Gasteiger partial charge is 0.324 e. The van der Waals surface area contributed by atoms with Crippen molar-refractivity contribution in [2.24, 2.45) is 0 Å². The van der Waals surface area contributed by atoms with E-state index in [2.05, 4.69) is 0 Å². The van der Waals surface area contributed by atoms with Crippen molar-refractivity contribution >= 4 is 28.2 Å².